The summed E-state index contributed by atoms with van der Waals surface area (Å²) in [5.74, 6) is -1.28. The van der Waals surface area contributed by atoms with Crippen LogP contribution in [0.4, 0.5) is 0 Å². The van der Waals surface area contributed by atoms with E-state index < -0.39 is 5.97 Å². The maximum atomic E-state index is 11.5. The molecule has 0 aromatic heterocycles. The number of likely N-dealkylation sites (tertiary alicyclic amines) is 1. The van der Waals surface area contributed by atoms with E-state index in [0.29, 0.717) is 6.54 Å². The summed E-state index contributed by atoms with van der Waals surface area (Å²) in [7, 11) is 0. The third-order valence-corrected chi connectivity index (χ3v) is 2.68. The lowest BCUT2D eigenvalue weighted by Crippen LogP contribution is -2.39. The van der Waals surface area contributed by atoms with Crippen molar-refractivity contribution in [1.29, 1.82) is 0 Å². The first kappa shape index (κ1) is 11.0. The molecule has 1 atom stereocenters. The zero-order valence-electron chi connectivity index (χ0n) is 8.53. The molecule has 0 aromatic carbocycles. The van der Waals surface area contributed by atoms with Crippen LogP contribution in [0.25, 0.3) is 0 Å². The number of nitrogens with zero attached hydrogens (tertiary/aromatic N) is 1. The molecule has 1 aliphatic heterocycles. The molecule has 4 nitrogen and oxygen atoms in total. The van der Waals surface area contributed by atoms with Crippen molar-refractivity contribution in [3.8, 4) is 0 Å². The van der Waals surface area contributed by atoms with Crippen LogP contribution in [0.2, 0.25) is 0 Å². The monoisotopic (exact) mass is 199 g/mol. The fraction of sp³-hybridized carbons (Fsp3) is 0.800. The summed E-state index contributed by atoms with van der Waals surface area (Å²) < 4.78 is 0. The molecule has 0 radical (unpaired) electrons. The van der Waals surface area contributed by atoms with E-state index in [1.54, 1.807) is 4.90 Å². The highest BCUT2D eigenvalue weighted by Gasteiger charge is 2.23. The van der Waals surface area contributed by atoms with Crippen LogP contribution in [-0.4, -0.2) is 34.5 Å². The second kappa shape index (κ2) is 4.98. The first-order chi connectivity index (χ1) is 6.61. The van der Waals surface area contributed by atoms with Gasteiger partial charge in [0.05, 0.1) is 0 Å². The van der Waals surface area contributed by atoms with Gasteiger partial charge < -0.3 is 10.0 Å². The Morgan fingerprint density at radius 1 is 1.36 bits per heavy atom. The van der Waals surface area contributed by atoms with Gasteiger partial charge in [-0.2, -0.15) is 0 Å². The van der Waals surface area contributed by atoms with E-state index in [9.17, 15) is 9.59 Å². The first-order valence-corrected chi connectivity index (χ1v) is 5.12. The quantitative estimate of drug-likeness (QED) is 0.681. The Balaban J connectivity index is 2.54. The van der Waals surface area contributed by atoms with Crippen LogP contribution < -0.4 is 0 Å². The van der Waals surface area contributed by atoms with Gasteiger partial charge in [-0.05, 0) is 19.8 Å². The molecule has 0 spiro atoms. The van der Waals surface area contributed by atoms with Crippen molar-refractivity contribution in [3.05, 3.63) is 0 Å². The molecule has 1 fully saturated rings. The average molecular weight is 199 g/mol. The third-order valence-electron chi connectivity index (χ3n) is 2.68. The number of hydrogen-bond acceptors (Lipinski definition) is 2. The second-order valence-corrected chi connectivity index (χ2v) is 3.86. The predicted molar refractivity (Wildman–Crippen MR) is 51.9 cm³/mol. The molecule has 1 amide bonds. The van der Waals surface area contributed by atoms with Crippen molar-refractivity contribution in [1.82, 2.24) is 4.90 Å². The van der Waals surface area contributed by atoms with Gasteiger partial charge in [-0.15, -0.1) is 0 Å². The SMILES string of the molecule is CC1CCCCCN1C(=O)CC(=O)O. The average Bonchev–Trinajstić information content (AvgIpc) is 2.28. The minimum Gasteiger partial charge on any atom is -0.481 e. The fourth-order valence-electron chi connectivity index (χ4n) is 1.88. The Kier molecular flexibility index (Phi) is 3.92. The van der Waals surface area contributed by atoms with Crippen LogP contribution in [0.3, 0.4) is 0 Å². The molecule has 1 rings (SSSR count). The van der Waals surface area contributed by atoms with Gasteiger partial charge in [-0.3, -0.25) is 9.59 Å². The standard InChI is InChI=1S/C10H17NO3/c1-8-5-3-2-4-6-11(8)9(12)7-10(13)14/h8H,2-7H2,1H3,(H,13,14). The lowest BCUT2D eigenvalue weighted by molar-refractivity contribution is -0.145. The normalized spacial score (nSPS) is 22.9. The number of carbonyl (C=O) groups is 2. The molecule has 0 aromatic rings. The molecular formula is C10H17NO3. The van der Waals surface area contributed by atoms with Gasteiger partial charge in [0.15, 0.2) is 0 Å². The molecule has 0 bridgehead atoms. The zero-order chi connectivity index (χ0) is 10.6. The molecule has 1 N–H and O–H groups in total. The molecule has 1 unspecified atom stereocenters. The summed E-state index contributed by atoms with van der Waals surface area (Å²) in [5.41, 5.74) is 0. The summed E-state index contributed by atoms with van der Waals surface area (Å²) in [6.07, 6.45) is 3.89. The van der Waals surface area contributed by atoms with Gasteiger partial charge in [-0.1, -0.05) is 12.8 Å². The van der Waals surface area contributed by atoms with Gasteiger partial charge in [0.2, 0.25) is 5.91 Å². The fourth-order valence-corrected chi connectivity index (χ4v) is 1.88. The highest BCUT2D eigenvalue weighted by atomic mass is 16.4. The van der Waals surface area contributed by atoms with Crippen molar-refractivity contribution >= 4 is 11.9 Å². The summed E-state index contributed by atoms with van der Waals surface area (Å²) >= 11 is 0. The maximum absolute atomic E-state index is 11.5. The Hall–Kier alpha value is -1.06. The number of amides is 1. The number of carboxylic acid groups (broad SMARTS) is 1. The maximum Gasteiger partial charge on any atom is 0.312 e. The van der Waals surface area contributed by atoms with Crippen molar-refractivity contribution in [2.75, 3.05) is 6.54 Å². The second-order valence-electron chi connectivity index (χ2n) is 3.86. The number of carbonyl (C=O) groups excluding carboxylic acids is 1. The Bertz CT molecular complexity index is 227. The summed E-state index contributed by atoms with van der Waals surface area (Å²) in [4.78, 5) is 23.6. The molecule has 0 aliphatic carbocycles. The van der Waals surface area contributed by atoms with E-state index in [4.69, 9.17) is 5.11 Å². The zero-order valence-corrected chi connectivity index (χ0v) is 8.53. The summed E-state index contributed by atoms with van der Waals surface area (Å²) in [6, 6.07) is 0.198. The Labute approximate surface area is 83.9 Å². The number of rotatable bonds is 2. The highest BCUT2D eigenvalue weighted by Crippen LogP contribution is 2.16. The van der Waals surface area contributed by atoms with Crippen LogP contribution in [0.5, 0.6) is 0 Å². The molecule has 80 valence electrons. The van der Waals surface area contributed by atoms with Gasteiger partial charge >= 0.3 is 5.97 Å². The van der Waals surface area contributed by atoms with Gasteiger partial charge in [0, 0.05) is 12.6 Å². The molecule has 14 heavy (non-hydrogen) atoms. The molecule has 1 heterocycles. The van der Waals surface area contributed by atoms with Crippen molar-refractivity contribution in [2.24, 2.45) is 0 Å². The highest BCUT2D eigenvalue weighted by molar-refractivity contribution is 5.93. The van der Waals surface area contributed by atoms with Crippen LogP contribution in [0, 0.1) is 0 Å². The smallest absolute Gasteiger partial charge is 0.312 e. The molecular weight excluding hydrogens is 182 g/mol. The van der Waals surface area contributed by atoms with Crippen LogP contribution in [0.1, 0.15) is 39.0 Å². The third kappa shape index (κ3) is 3.01. The van der Waals surface area contributed by atoms with Gasteiger partial charge in [0.25, 0.3) is 0 Å². The summed E-state index contributed by atoms with van der Waals surface area (Å²) in [6.45, 7) is 2.71. The minimum absolute atomic E-state index is 0.198. The van der Waals surface area contributed by atoms with E-state index in [0.717, 1.165) is 25.7 Å². The topological polar surface area (TPSA) is 57.6 Å². The molecule has 4 heteroatoms. The molecule has 0 saturated carbocycles. The lowest BCUT2D eigenvalue weighted by atomic mass is 10.1. The summed E-state index contributed by atoms with van der Waals surface area (Å²) in [5, 5.41) is 8.52. The van der Waals surface area contributed by atoms with Crippen LogP contribution in [-0.2, 0) is 9.59 Å². The Morgan fingerprint density at radius 3 is 2.71 bits per heavy atom. The lowest BCUT2D eigenvalue weighted by Gasteiger charge is -2.26. The van der Waals surface area contributed by atoms with Gasteiger partial charge in [0.1, 0.15) is 6.42 Å². The molecule has 1 saturated heterocycles. The van der Waals surface area contributed by atoms with Gasteiger partial charge in [-0.25, -0.2) is 0 Å². The van der Waals surface area contributed by atoms with Crippen LogP contribution >= 0.6 is 0 Å². The predicted octanol–water partition coefficient (Wildman–Crippen LogP) is 1.25. The van der Waals surface area contributed by atoms with Crippen LogP contribution in [0.15, 0.2) is 0 Å². The van der Waals surface area contributed by atoms with Crippen molar-refractivity contribution in [2.45, 2.75) is 45.1 Å². The molecule has 1 aliphatic rings. The number of aliphatic carboxylic acids is 1. The minimum atomic E-state index is -1.04. The first-order valence-electron chi connectivity index (χ1n) is 5.12. The van der Waals surface area contributed by atoms with E-state index in [2.05, 4.69) is 0 Å². The number of hydrogen-bond donors (Lipinski definition) is 1. The van der Waals surface area contributed by atoms with Crippen molar-refractivity contribution in [3.63, 3.8) is 0 Å². The Morgan fingerprint density at radius 2 is 2.07 bits per heavy atom. The van der Waals surface area contributed by atoms with E-state index in [1.807, 2.05) is 6.92 Å². The van der Waals surface area contributed by atoms with E-state index in [-0.39, 0.29) is 18.4 Å². The van der Waals surface area contributed by atoms with E-state index in [1.165, 1.54) is 0 Å². The largest absolute Gasteiger partial charge is 0.481 e. The number of carboxylic acids is 1. The van der Waals surface area contributed by atoms with E-state index >= 15 is 0 Å². The van der Waals surface area contributed by atoms with Crippen molar-refractivity contribution < 1.29 is 14.7 Å².